The van der Waals surface area contributed by atoms with Gasteiger partial charge in [-0.25, -0.2) is 0 Å². The average molecular weight is 291 g/mol. The van der Waals surface area contributed by atoms with Crippen molar-refractivity contribution in [3.8, 4) is 5.75 Å². The number of rotatable bonds is 5. The molecular formula is C16H25N3O2. The molecule has 5 nitrogen and oxygen atoms in total. The summed E-state index contributed by atoms with van der Waals surface area (Å²) in [6, 6.07) is 8.22. The van der Waals surface area contributed by atoms with Crippen LogP contribution in [0.5, 0.6) is 5.75 Å². The van der Waals surface area contributed by atoms with E-state index in [4.69, 9.17) is 4.74 Å². The highest BCUT2D eigenvalue weighted by Gasteiger charge is 2.18. The first-order chi connectivity index (χ1) is 10.1. The number of likely N-dealkylation sites (N-methyl/N-ethyl adjacent to an activating group) is 1. The van der Waals surface area contributed by atoms with E-state index in [1.807, 2.05) is 31.1 Å². The van der Waals surface area contributed by atoms with E-state index in [0.717, 1.165) is 38.5 Å². The minimum absolute atomic E-state index is 0.166. The van der Waals surface area contributed by atoms with Crippen molar-refractivity contribution < 1.29 is 9.53 Å². The zero-order valence-corrected chi connectivity index (χ0v) is 13.2. The SMILES string of the molecule is CC(=O)N1CCN(c2ccc(OCCN(C)C)cc2)CC1. The Bertz CT molecular complexity index is 451. The summed E-state index contributed by atoms with van der Waals surface area (Å²) in [5.74, 6) is 1.07. The quantitative estimate of drug-likeness (QED) is 0.819. The Labute approximate surface area is 127 Å². The lowest BCUT2D eigenvalue weighted by Crippen LogP contribution is -2.48. The van der Waals surface area contributed by atoms with E-state index in [1.54, 1.807) is 6.92 Å². The van der Waals surface area contributed by atoms with Crippen molar-refractivity contribution in [1.82, 2.24) is 9.80 Å². The fourth-order valence-electron chi connectivity index (χ4n) is 2.38. The molecule has 0 bridgehead atoms. The summed E-state index contributed by atoms with van der Waals surface area (Å²) in [5.41, 5.74) is 1.19. The number of amides is 1. The Morgan fingerprint density at radius 2 is 1.76 bits per heavy atom. The maximum Gasteiger partial charge on any atom is 0.219 e. The Hall–Kier alpha value is -1.75. The third-order valence-corrected chi connectivity index (χ3v) is 3.73. The van der Waals surface area contributed by atoms with Crippen LogP contribution in [-0.4, -0.2) is 69.1 Å². The maximum atomic E-state index is 11.3. The van der Waals surface area contributed by atoms with Gasteiger partial charge < -0.3 is 19.4 Å². The van der Waals surface area contributed by atoms with Crippen LogP contribution in [0, 0.1) is 0 Å². The largest absolute Gasteiger partial charge is 0.492 e. The summed E-state index contributed by atoms with van der Waals surface area (Å²) in [7, 11) is 4.07. The van der Waals surface area contributed by atoms with Crippen molar-refractivity contribution in [1.29, 1.82) is 0 Å². The zero-order valence-electron chi connectivity index (χ0n) is 13.2. The molecule has 0 unspecified atom stereocenters. The summed E-state index contributed by atoms with van der Waals surface area (Å²) in [6.07, 6.45) is 0. The van der Waals surface area contributed by atoms with E-state index in [-0.39, 0.29) is 5.91 Å². The molecule has 1 aromatic rings. The summed E-state index contributed by atoms with van der Waals surface area (Å²) in [6.45, 7) is 6.63. The van der Waals surface area contributed by atoms with Gasteiger partial charge in [0.2, 0.25) is 5.91 Å². The number of benzene rings is 1. The van der Waals surface area contributed by atoms with Gasteiger partial charge >= 0.3 is 0 Å². The lowest BCUT2D eigenvalue weighted by atomic mass is 10.2. The first-order valence-corrected chi connectivity index (χ1v) is 7.44. The Balaban J connectivity index is 1.84. The predicted octanol–water partition coefficient (Wildman–Crippen LogP) is 1.30. The lowest BCUT2D eigenvalue weighted by molar-refractivity contribution is -0.129. The number of ether oxygens (including phenoxy) is 1. The average Bonchev–Trinajstić information content (AvgIpc) is 2.48. The normalized spacial score (nSPS) is 15.4. The topological polar surface area (TPSA) is 36.0 Å². The van der Waals surface area contributed by atoms with Crippen LogP contribution >= 0.6 is 0 Å². The molecule has 21 heavy (non-hydrogen) atoms. The standard InChI is InChI=1S/C16H25N3O2/c1-14(20)18-8-10-19(11-9-18)15-4-6-16(7-5-15)21-13-12-17(2)3/h4-7H,8-13H2,1-3H3. The van der Waals surface area contributed by atoms with E-state index in [0.29, 0.717) is 6.61 Å². The fraction of sp³-hybridized carbons (Fsp3) is 0.562. The first-order valence-electron chi connectivity index (χ1n) is 7.44. The van der Waals surface area contributed by atoms with Gasteiger partial charge in [0, 0.05) is 45.3 Å². The fourth-order valence-corrected chi connectivity index (χ4v) is 2.38. The number of hydrogen-bond donors (Lipinski definition) is 0. The molecule has 0 atom stereocenters. The van der Waals surface area contributed by atoms with Crippen molar-refractivity contribution in [3.05, 3.63) is 24.3 Å². The third kappa shape index (κ3) is 4.63. The minimum Gasteiger partial charge on any atom is -0.492 e. The van der Waals surface area contributed by atoms with Gasteiger partial charge in [-0.05, 0) is 38.4 Å². The van der Waals surface area contributed by atoms with Gasteiger partial charge in [-0.2, -0.15) is 0 Å². The molecule has 0 aliphatic carbocycles. The van der Waals surface area contributed by atoms with Crippen LogP contribution < -0.4 is 9.64 Å². The number of carbonyl (C=O) groups excluding carboxylic acids is 1. The highest BCUT2D eigenvalue weighted by molar-refractivity contribution is 5.73. The minimum atomic E-state index is 0.166. The smallest absolute Gasteiger partial charge is 0.219 e. The summed E-state index contributed by atoms with van der Waals surface area (Å²) in [5, 5.41) is 0. The van der Waals surface area contributed by atoms with Crippen molar-refractivity contribution >= 4 is 11.6 Å². The zero-order chi connectivity index (χ0) is 15.2. The second kappa shape index (κ2) is 7.31. The van der Waals surface area contributed by atoms with Crippen LogP contribution in [0.1, 0.15) is 6.92 Å². The van der Waals surface area contributed by atoms with E-state index in [2.05, 4.69) is 21.9 Å². The number of anilines is 1. The number of nitrogens with zero attached hydrogens (tertiary/aromatic N) is 3. The molecule has 1 aromatic carbocycles. The number of piperazine rings is 1. The molecule has 1 amide bonds. The highest BCUT2D eigenvalue weighted by Crippen LogP contribution is 2.20. The van der Waals surface area contributed by atoms with Crippen molar-refractivity contribution in [2.24, 2.45) is 0 Å². The van der Waals surface area contributed by atoms with Gasteiger partial charge in [-0.15, -0.1) is 0 Å². The predicted molar refractivity (Wildman–Crippen MR) is 85.0 cm³/mol. The Kier molecular flexibility index (Phi) is 5.44. The van der Waals surface area contributed by atoms with Crippen molar-refractivity contribution in [3.63, 3.8) is 0 Å². The molecule has 1 saturated heterocycles. The molecule has 1 heterocycles. The van der Waals surface area contributed by atoms with Gasteiger partial charge in [0.25, 0.3) is 0 Å². The number of hydrogen-bond acceptors (Lipinski definition) is 4. The van der Waals surface area contributed by atoms with Crippen LogP contribution in [0.4, 0.5) is 5.69 Å². The molecular weight excluding hydrogens is 266 g/mol. The monoisotopic (exact) mass is 291 g/mol. The molecule has 1 aliphatic rings. The van der Waals surface area contributed by atoms with Crippen LogP contribution in [0.3, 0.4) is 0 Å². The Morgan fingerprint density at radius 1 is 1.14 bits per heavy atom. The van der Waals surface area contributed by atoms with Gasteiger partial charge in [0.15, 0.2) is 0 Å². The van der Waals surface area contributed by atoms with E-state index in [9.17, 15) is 4.79 Å². The van der Waals surface area contributed by atoms with E-state index >= 15 is 0 Å². The van der Waals surface area contributed by atoms with Crippen LogP contribution in [0.25, 0.3) is 0 Å². The molecule has 0 aromatic heterocycles. The van der Waals surface area contributed by atoms with Gasteiger partial charge in [0.1, 0.15) is 12.4 Å². The first kappa shape index (κ1) is 15.6. The van der Waals surface area contributed by atoms with Gasteiger partial charge in [0.05, 0.1) is 0 Å². The van der Waals surface area contributed by atoms with Crippen LogP contribution in [-0.2, 0) is 4.79 Å². The van der Waals surface area contributed by atoms with E-state index in [1.165, 1.54) is 5.69 Å². The second-order valence-electron chi connectivity index (χ2n) is 5.64. The summed E-state index contributed by atoms with van der Waals surface area (Å²) < 4.78 is 5.69. The van der Waals surface area contributed by atoms with Crippen LogP contribution in [0.2, 0.25) is 0 Å². The van der Waals surface area contributed by atoms with Gasteiger partial charge in [-0.1, -0.05) is 0 Å². The molecule has 116 valence electrons. The third-order valence-electron chi connectivity index (χ3n) is 3.73. The van der Waals surface area contributed by atoms with Crippen LogP contribution in [0.15, 0.2) is 24.3 Å². The van der Waals surface area contributed by atoms with Crippen molar-refractivity contribution in [2.75, 3.05) is 58.3 Å². The molecule has 1 aliphatic heterocycles. The molecule has 1 fully saturated rings. The molecule has 0 spiro atoms. The molecule has 0 radical (unpaired) electrons. The lowest BCUT2D eigenvalue weighted by Gasteiger charge is -2.35. The maximum absolute atomic E-state index is 11.3. The molecule has 5 heteroatoms. The highest BCUT2D eigenvalue weighted by atomic mass is 16.5. The second-order valence-corrected chi connectivity index (χ2v) is 5.64. The summed E-state index contributed by atoms with van der Waals surface area (Å²) in [4.78, 5) is 17.6. The number of carbonyl (C=O) groups is 1. The molecule has 0 N–H and O–H groups in total. The van der Waals surface area contributed by atoms with Gasteiger partial charge in [-0.3, -0.25) is 4.79 Å². The van der Waals surface area contributed by atoms with E-state index < -0.39 is 0 Å². The summed E-state index contributed by atoms with van der Waals surface area (Å²) >= 11 is 0. The van der Waals surface area contributed by atoms with Crippen molar-refractivity contribution in [2.45, 2.75) is 6.92 Å². The molecule has 2 rings (SSSR count). The molecule has 0 saturated carbocycles. The Morgan fingerprint density at radius 3 is 2.29 bits per heavy atom.